The zero-order chi connectivity index (χ0) is 13.3. The van der Waals surface area contributed by atoms with Crippen molar-refractivity contribution in [3.63, 3.8) is 0 Å². The molecule has 0 unspecified atom stereocenters. The summed E-state index contributed by atoms with van der Waals surface area (Å²) in [4.78, 5) is 8.79. The van der Waals surface area contributed by atoms with Crippen molar-refractivity contribution >= 4 is 0 Å². The molecule has 0 radical (unpaired) electrons. The van der Waals surface area contributed by atoms with E-state index in [0.29, 0.717) is 6.04 Å². The first kappa shape index (κ1) is 13.5. The Bertz CT molecular complexity index is 388. The maximum atomic E-state index is 10.0. The fraction of sp³-hybridized carbons (Fsp3) is 0.769. The number of nitrogens with zero attached hydrogens (tertiary/aromatic N) is 4. The molecule has 0 aliphatic carbocycles. The molecule has 18 heavy (non-hydrogen) atoms. The van der Waals surface area contributed by atoms with Crippen LogP contribution in [0, 0.1) is 0 Å². The molecule has 1 fully saturated rings. The third kappa shape index (κ3) is 2.74. The Morgan fingerprint density at radius 1 is 1.44 bits per heavy atom. The van der Waals surface area contributed by atoms with Crippen LogP contribution in [0.25, 0.3) is 0 Å². The van der Waals surface area contributed by atoms with Crippen molar-refractivity contribution in [3.8, 4) is 0 Å². The smallest absolute Gasteiger partial charge is 0.123 e. The Morgan fingerprint density at radius 2 is 2.17 bits per heavy atom. The Balaban J connectivity index is 2.01. The number of aliphatic hydroxyl groups is 1. The molecule has 0 saturated carbocycles. The molecular formula is C13H24N4O. The maximum absolute atomic E-state index is 10.0. The van der Waals surface area contributed by atoms with Crippen LogP contribution >= 0.6 is 0 Å². The van der Waals surface area contributed by atoms with Crippen LogP contribution in [0.1, 0.15) is 25.7 Å². The van der Waals surface area contributed by atoms with Crippen LogP contribution < -0.4 is 0 Å². The van der Waals surface area contributed by atoms with E-state index in [2.05, 4.69) is 33.2 Å². The molecule has 1 aliphatic heterocycles. The lowest BCUT2D eigenvalue weighted by Crippen LogP contribution is -2.38. The van der Waals surface area contributed by atoms with E-state index in [1.165, 1.54) is 0 Å². The number of aromatic nitrogens is 2. The predicted octanol–water partition coefficient (Wildman–Crippen LogP) is 0.571. The minimum absolute atomic E-state index is 0.229. The van der Waals surface area contributed by atoms with Crippen LogP contribution in [0.3, 0.4) is 0 Å². The highest BCUT2D eigenvalue weighted by molar-refractivity contribution is 4.97. The molecule has 1 aromatic rings. The standard InChI is InChI=1S/C13H24N4O/c1-10(2)17-6-5-14-13(17)9-16-7-11(15(3)4)12(18)8-16/h5-6,10-12,18H,7-9H2,1-4H3/t11-,12-/m0/s1. The maximum Gasteiger partial charge on any atom is 0.123 e. The summed E-state index contributed by atoms with van der Waals surface area (Å²) < 4.78 is 2.19. The van der Waals surface area contributed by atoms with Crippen molar-refractivity contribution in [1.29, 1.82) is 0 Å². The molecule has 1 N–H and O–H groups in total. The van der Waals surface area contributed by atoms with Gasteiger partial charge in [0.1, 0.15) is 5.82 Å². The number of likely N-dealkylation sites (N-methyl/N-ethyl adjacent to an activating group) is 1. The van der Waals surface area contributed by atoms with E-state index in [1.807, 2.05) is 26.5 Å². The van der Waals surface area contributed by atoms with E-state index in [0.717, 1.165) is 25.5 Å². The molecule has 5 nitrogen and oxygen atoms in total. The van der Waals surface area contributed by atoms with Gasteiger partial charge in [-0.15, -0.1) is 0 Å². The molecule has 102 valence electrons. The van der Waals surface area contributed by atoms with E-state index in [9.17, 15) is 5.11 Å². The molecule has 2 heterocycles. The van der Waals surface area contributed by atoms with Crippen LogP contribution in [0.2, 0.25) is 0 Å². The Kier molecular flexibility index (Phi) is 4.04. The monoisotopic (exact) mass is 252 g/mol. The summed E-state index contributed by atoms with van der Waals surface area (Å²) in [6.45, 7) is 6.76. The summed E-state index contributed by atoms with van der Waals surface area (Å²) in [6.07, 6.45) is 3.61. The first-order valence-corrected chi connectivity index (χ1v) is 6.57. The fourth-order valence-electron chi connectivity index (χ4n) is 2.62. The summed E-state index contributed by atoms with van der Waals surface area (Å²) >= 11 is 0. The number of hydrogen-bond acceptors (Lipinski definition) is 4. The van der Waals surface area contributed by atoms with Gasteiger partial charge < -0.3 is 14.6 Å². The third-order valence-corrected chi connectivity index (χ3v) is 3.67. The van der Waals surface area contributed by atoms with Crippen molar-refractivity contribution in [2.45, 2.75) is 38.6 Å². The molecule has 0 bridgehead atoms. The van der Waals surface area contributed by atoms with Crippen LogP contribution in [0.4, 0.5) is 0 Å². The van der Waals surface area contributed by atoms with Gasteiger partial charge in [0.25, 0.3) is 0 Å². The van der Waals surface area contributed by atoms with Gasteiger partial charge in [-0.1, -0.05) is 0 Å². The average Bonchev–Trinajstić information content (AvgIpc) is 2.85. The predicted molar refractivity (Wildman–Crippen MR) is 71.4 cm³/mol. The van der Waals surface area contributed by atoms with Gasteiger partial charge >= 0.3 is 0 Å². The largest absolute Gasteiger partial charge is 0.390 e. The number of hydrogen-bond donors (Lipinski definition) is 1. The number of imidazole rings is 1. The third-order valence-electron chi connectivity index (χ3n) is 3.67. The normalized spacial score (nSPS) is 25.5. The average molecular weight is 252 g/mol. The highest BCUT2D eigenvalue weighted by Crippen LogP contribution is 2.17. The van der Waals surface area contributed by atoms with Crippen molar-refractivity contribution in [2.75, 3.05) is 27.2 Å². The highest BCUT2D eigenvalue weighted by atomic mass is 16.3. The lowest BCUT2D eigenvalue weighted by molar-refractivity contribution is 0.112. The van der Waals surface area contributed by atoms with E-state index in [4.69, 9.17) is 0 Å². The van der Waals surface area contributed by atoms with Gasteiger partial charge in [0.15, 0.2) is 0 Å². The van der Waals surface area contributed by atoms with Crippen LogP contribution in [-0.2, 0) is 6.54 Å². The Morgan fingerprint density at radius 3 is 2.72 bits per heavy atom. The second-order valence-corrected chi connectivity index (χ2v) is 5.64. The van der Waals surface area contributed by atoms with Gasteiger partial charge in [-0.25, -0.2) is 4.98 Å². The van der Waals surface area contributed by atoms with Crippen molar-refractivity contribution < 1.29 is 5.11 Å². The van der Waals surface area contributed by atoms with Crippen molar-refractivity contribution in [1.82, 2.24) is 19.4 Å². The number of likely N-dealkylation sites (tertiary alicyclic amines) is 1. The molecule has 1 aromatic heterocycles. The van der Waals surface area contributed by atoms with Gasteiger partial charge in [0.05, 0.1) is 12.6 Å². The van der Waals surface area contributed by atoms with Crippen molar-refractivity contribution in [2.24, 2.45) is 0 Å². The lowest BCUT2D eigenvalue weighted by Gasteiger charge is -2.22. The number of rotatable bonds is 4. The van der Waals surface area contributed by atoms with E-state index < -0.39 is 0 Å². The zero-order valence-electron chi connectivity index (χ0n) is 11.7. The molecule has 1 aliphatic rings. The Hall–Kier alpha value is -0.910. The van der Waals surface area contributed by atoms with Gasteiger partial charge in [-0.05, 0) is 27.9 Å². The summed E-state index contributed by atoms with van der Waals surface area (Å²) in [5.41, 5.74) is 0. The quantitative estimate of drug-likeness (QED) is 0.851. The molecule has 1 saturated heterocycles. The molecule has 0 aromatic carbocycles. The van der Waals surface area contributed by atoms with E-state index in [1.54, 1.807) is 0 Å². The van der Waals surface area contributed by atoms with Gasteiger partial charge in [-0.3, -0.25) is 4.90 Å². The number of β-amino-alcohol motifs (C(OH)–C–C–N with tert-alkyl or cyclic N) is 1. The molecule has 0 spiro atoms. The van der Waals surface area contributed by atoms with Crippen LogP contribution in [0.15, 0.2) is 12.4 Å². The second-order valence-electron chi connectivity index (χ2n) is 5.64. The summed E-state index contributed by atoms with van der Waals surface area (Å²) in [5.74, 6) is 1.08. The van der Waals surface area contributed by atoms with E-state index in [-0.39, 0.29) is 12.1 Å². The van der Waals surface area contributed by atoms with Gasteiger partial charge in [0, 0.05) is 37.6 Å². The fourth-order valence-corrected chi connectivity index (χ4v) is 2.62. The van der Waals surface area contributed by atoms with E-state index >= 15 is 0 Å². The molecule has 2 atom stereocenters. The summed E-state index contributed by atoms with van der Waals surface area (Å²) in [7, 11) is 4.04. The van der Waals surface area contributed by atoms with Crippen LogP contribution in [0.5, 0.6) is 0 Å². The molecular weight excluding hydrogens is 228 g/mol. The van der Waals surface area contributed by atoms with Crippen molar-refractivity contribution in [3.05, 3.63) is 18.2 Å². The first-order valence-electron chi connectivity index (χ1n) is 6.57. The summed E-state index contributed by atoms with van der Waals surface area (Å²) in [5, 5.41) is 10.0. The van der Waals surface area contributed by atoms with Gasteiger partial charge in [0.2, 0.25) is 0 Å². The van der Waals surface area contributed by atoms with Crippen LogP contribution in [-0.4, -0.2) is 63.8 Å². The molecule has 0 amide bonds. The highest BCUT2D eigenvalue weighted by Gasteiger charge is 2.33. The first-order chi connectivity index (χ1) is 8.49. The SMILES string of the molecule is CC(C)n1ccnc1CN1C[C@H](O)[C@@H](N(C)C)C1. The number of aliphatic hydroxyl groups excluding tert-OH is 1. The lowest BCUT2D eigenvalue weighted by atomic mass is 10.2. The zero-order valence-corrected chi connectivity index (χ0v) is 11.7. The summed E-state index contributed by atoms with van der Waals surface area (Å²) in [6, 6.07) is 0.659. The molecule has 5 heteroatoms. The Labute approximate surface area is 109 Å². The molecule has 2 rings (SSSR count). The second kappa shape index (κ2) is 5.38. The topological polar surface area (TPSA) is 44.5 Å². The van der Waals surface area contributed by atoms with Gasteiger partial charge in [-0.2, -0.15) is 0 Å². The minimum atomic E-state index is -0.262. The minimum Gasteiger partial charge on any atom is -0.390 e.